The molecule has 9 heteroatoms. The van der Waals surface area contributed by atoms with E-state index in [2.05, 4.69) is 32.4 Å². The van der Waals surface area contributed by atoms with Crippen LogP contribution < -0.4 is 0 Å². The molecule has 9 nitrogen and oxygen atoms in total. The van der Waals surface area contributed by atoms with Crippen LogP contribution in [0.1, 0.15) is 79.1 Å². The summed E-state index contributed by atoms with van der Waals surface area (Å²) in [5.41, 5.74) is 0. The zero-order chi connectivity index (χ0) is 32.0. The largest absolute Gasteiger partial charge is 0.394 e. The third-order valence-corrected chi connectivity index (χ3v) is 4.75. The molecular weight excluding hydrogens is 540 g/mol. The van der Waals surface area contributed by atoms with E-state index in [4.69, 9.17) is 39.0 Å². The van der Waals surface area contributed by atoms with Gasteiger partial charge < -0.3 is 43.7 Å². The van der Waals surface area contributed by atoms with Crippen molar-refractivity contribution in [2.24, 2.45) is 0 Å². The van der Waals surface area contributed by atoms with Gasteiger partial charge in [0.1, 0.15) is 0 Å². The molecule has 0 bridgehead atoms. The molecule has 1 rings (SSSR count). The fourth-order valence-corrected chi connectivity index (χ4v) is 2.33. The fourth-order valence-electron chi connectivity index (χ4n) is 2.33. The molecule has 1 aromatic carbocycles. The first-order valence-electron chi connectivity index (χ1n) is 15.9. The van der Waals surface area contributed by atoms with Crippen LogP contribution in [0.25, 0.3) is 0 Å². The smallest absolute Gasteiger partial charge is 0.0701 e. The molecule has 0 spiro atoms. The molecule has 0 atom stereocenters. The first-order chi connectivity index (χ1) is 20.7. The second-order valence-corrected chi connectivity index (χ2v) is 8.79. The van der Waals surface area contributed by atoms with Gasteiger partial charge in [0.15, 0.2) is 0 Å². The molecule has 42 heavy (non-hydrogen) atoms. The zero-order valence-electron chi connectivity index (χ0n) is 27.8. The van der Waals surface area contributed by atoms with E-state index in [0.717, 1.165) is 52.1 Å². The Bertz CT molecular complexity index is 417. The number of methoxy groups -OCH3 is 1. The lowest BCUT2D eigenvalue weighted by Gasteiger charge is -2.02. The lowest BCUT2D eigenvalue weighted by molar-refractivity contribution is 0.0324. The molecule has 0 aliphatic rings. The minimum Gasteiger partial charge on any atom is -0.394 e. The summed E-state index contributed by atoms with van der Waals surface area (Å²) < 4.78 is 30.0. The molecule has 1 aromatic rings. The molecule has 0 heterocycles. The van der Waals surface area contributed by atoms with Crippen molar-refractivity contribution < 1.29 is 43.7 Å². The summed E-state index contributed by atoms with van der Waals surface area (Å²) in [5, 5.41) is 24.8. The predicted molar refractivity (Wildman–Crippen MR) is 173 cm³/mol. The maximum Gasteiger partial charge on any atom is 0.0701 e. The van der Waals surface area contributed by atoms with Crippen molar-refractivity contribution in [1.29, 1.82) is 0 Å². The normalized spacial score (nSPS) is 9.71. The quantitative estimate of drug-likeness (QED) is 0.130. The molecule has 0 fully saturated rings. The van der Waals surface area contributed by atoms with Crippen molar-refractivity contribution in [3.05, 3.63) is 36.4 Å². The molecule has 0 aliphatic carbocycles. The van der Waals surface area contributed by atoms with Gasteiger partial charge in [-0.2, -0.15) is 0 Å². The second-order valence-electron chi connectivity index (χ2n) is 8.79. The number of benzene rings is 1. The fraction of sp³-hybridized carbons (Fsp3) is 0.818. The average Bonchev–Trinajstić information content (AvgIpc) is 3.03. The van der Waals surface area contributed by atoms with Crippen LogP contribution in [0, 0.1) is 0 Å². The second kappa shape index (κ2) is 55.7. The Morgan fingerprint density at radius 1 is 0.357 bits per heavy atom. The van der Waals surface area contributed by atoms with Gasteiger partial charge in [0, 0.05) is 33.5 Å². The minimum atomic E-state index is 0.0870. The monoisotopic (exact) mass is 608 g/mol. The predicted octanol–water partition coefficient (Wildman–Crippen LogP) is 5.54. The van der Waals surface area contributed by atoms with Crippen molar-refractivity contribution >= 4 is 0 Å². The van der Waals surface area contributed by atoms with Gasteiger partial charge in [-0.25, -0.2) is 0 Å². The number of hydrogen-bond donors (Lipinski definition) is 3. The molecule has 254 valence electrons. The van der Waals surface area contributed by atoms with E-state index in [9.17, 15) is 0 Å². The topological polar surface area (TPSA) is 116 Å². The molecule has 0 amide bonds. The van der Waals surface area contributed by atoms with Crippen molar-refractivity contribution in [2.75, 3.05) is 99.6 Å². The summed E-state index contributed by atoms with van der Waals surface area (Å²) in [4.78, 5) is 0. The van der Waals surface area contributed by atoms with Gasteiger partial charge in [0.2, 0.25) is 0 Å². The van der Waals surface area contributed by atoms with Crippen LogP contribution in [-0.2, 0) is 28.4 Å². The van der Waals surface area contributed by atoms with Gasteiger partial charge in [-0.15, -0.1) is 0 Å². The summed E-state index contributed by atoms with van der Waals surface area (Å²) in [6.45, 7) is 16.1. The third kappa shape index (κ3) is 66.9. The maximum atomic E-state index is 8.34. The summed E-state index contributed by atoms with van der Waals surface area (Å²) >= 11 is 0. The highest BCUT2D eigenvalue weighted by Crippen LogP contribution is 1.91. The Kier molecular flexibility index (Phi) is 63.4. The van der Waals surface area contributed by atoms with Crippen molar-refractivity contribution in [3.8, 4) is 0 Å². The van der Waals surface area contributed by atoms with Crippen LogP contribution >= 0.6 is 0 Å². The number of unbranched alkanes of at least 4 members (excludes halogenated alkanes) is 4. The lowest BCUT2D eigenvalue weighted by atomic mass is 10.3. The first-order valence-corrected chi connectivity index (χ1v) is 15.9. The molecule has 3 N–H and O–H groups in total. The molecule has 0 aromatic heterocycles. The Morgan fingerprint density at radius 2 is 0.595 bits per heavy atom. The molecule has 0 saturated carbocycles. The Morgan fingerprint density at radius 3 is 0.857 bits per heavy atom. The van der Waals surface area contributed by atoms with Gasteiger partial charge in [-0.3, -0.25) is 0 Å². The summed E-state index contributed by atoms with van der Waals surface area (Å²) in [7, 11) is 1.61. The van der Waals surface area contributed by atoms with E-state index in [-0.39, 0.29) is 19.8 Å². The van der Waals surface area contributed by atoms with E-state index in [0.29, 0.717) is 46.2 Å². The molecule has 0 aliphatic heterocycles. The van der Waals surface area contributed by atoms with Crippen molar-refractivity contribution in [1.82, 2.24) is 0 Å². The lowest BCUT2D eigenvalue weighted by Crippen LogP contribution is -2.07. The van der Waals surface area contributed by atoms with Gasteiger partial charge in [0.25, 0.3) is 0 Å². The summed E-state index contributed by atoms with van der Waals surface area (Å²) in [6.07, 6.45) is 9.44. The standard InChI is InChI=1S/C8H18O3.C8H18O.C6H14O2.C6H6.C5H12O3/c1-2-3-5-10-7-8-11-6-4-9;1-3-5-7-9-8-6-4-2;1-2-3-5-8-6-4-7;1-2-4-6-5-3-1;1-7-4-5-8-3-2-6/h9H,2-8H2,1H3;3-8H2,1-2H3;7H,2-6H2,1H3;1-6H;6H,2-5H2,1H3. The van der Waals surface area contributed by atoms with Crippen LogP contribution in [0.15, 0.2) is 36.4 Å². The Balaban J connectivity index is -0.000000217. The molecule has 0 unspecified atom stereocenters. The highest BCUT2D eigenvalue weighted by Gasteiger charge is 1.88. The maximum absolute atomic E-state index is 8.34. The average molecular weight is 609 g/mol. The SMILES string of the molecule is CCCCOCCCC.CCCCOCCO.CCCCOCCOCCO.COCCOCCO.c1ccccc1. The highest BCUT2D eigenvalue weighted by molar-refractivity contribution is 4.99. The molecule has 0 radical (unpaired) electrons. The number of aliphatic hydroxyl groups excluding tert-OH is 3. The number of aliphatic hydroxyl groups is 3. The summed E-state index contributed by atoms with van der Waals surface area (Å²) in [6, 6.07) is 12.0. The molecular formula is C33H68O9. The van der Waals surface area contributed by atoms with E-state index in [1.165, 1.54) is 25.7 Å². The minimum absolute atomic E-state index is 0.0870. The number of rotatable bonds is 24. The van der Waals surface area contributed by atoms with Gasteiger partial charge in [0.05, 0.1) is 66.1 Å². The van der Waals surface area contributed by atoms with E-state index in [1.807, 2.05) is 36.4 Å². The van der Waals surface area contributed by atoms with E-state index in [1.54, 1.807) is 7.11 Å². The van der Waals surface area contributed by atoms with Crippen LogP contribution in [-0.4, -0.2) is 115 Å². The Labute approximate surface area is 258 Å². The van der Waals surface area contributed by atoms with Crippen LogP contribution in [0.2, 0.25) is 0 Å². The molecule has 0 saturated heterocycles. The zero-order valence-corrected chi connectivity index (χ0v) is 27.8. The highest BCUT2D eigenvalue weighted by atomic mass is 16.5. The van der Waals surface area contributed by atoms with Gasteiger partial charge in [-0.1, -0.05) is 89.8 Å². The van der Waals surface area contributed by atoms with Gasteiger partial charge in [-0.05, 0) is 25.7 Å². The van der Waals surface area contributed by atoms with E-state index < -0.39 is 0 Å². The first kappa shape index (κ1) is 47.8. The summed E-state index contributed by atoms with van der Waals surface area (Å²) in [5.74, 6) is 0. The van der Waals surface area contributed by atoms with Crippen molar-refractivity contribution in [3.63, 3.8) is 0 Å². The number of ether oxygens (including phenoxy) is 6. The van der Waals surface area contributed by atoms with Crippen LogP contribution in [0.3, 0.4) is 0 Å². The number of hydrogen-bond acceptors (Lipinski definition) is 9. The van der Waals surface area contributed by atoms with Crippen molar-refractivity contribution in [2.45, 2.75) is 79.1 Å². The van der Waals surface area contributed by atoms with E-state index >= 15 is 0 Å². The van der Waals surface area contributed by atoms with Crippen LogP contribution in [0.4, 0.5) is 0 Å². The van der Waals surface area contributed by atoms with Gasteiger partial charge >= 0.3 is 0 Å². The third-order valence-electron chi connectivity index (χ3n) is 4.75. The Hall–Kier alpha value is -1.14. The van der Waals surface area contributed by atoms with Crippen LogP contribution in [0.5, 0.6) is 0 Å².